The minimum absolute atomic E-state index is 0.297. The summed E-state index contributed by atoms with van der Waals surface area (Å²) in [6.45, 7) is 15.0. The molecule has 0 aliphatic carbocycles. The number of carbonyl (C=O) groups excluding carboxylic acids is 1. The molecule has 0 atom stereocenters. The van der Waals surface area contributed by atoms with E-state index in [-0.39, 0.29) is 0 Å². The molecule has 4 heteroatoms. The third kappa shape index (κ3) is 6.31. The second-order valence-electron chi connectivity index (χ2n) is 9.27. The van der Waals surface area contributed by atoms with Gasteiger partial charge in [0.15, 0.2) is 0 Å². The number of anilines is 1. The predicted molar refractivity (Wildman–Crippen MR) is 118 cm³/mol. The molecule has 0 spiro atoms. The number of likely N-dealkylation sites (tertiary alicyclic amines) is 1. The maximum absolute atomic E-state index is 11.3. The summed E-state index contributed by atoms with van der Waals surface area (Å²) in [7, 11) is 0. The Hall–Kier alpha value is -1.39. The molecule has 0 saturated carbocycles. The van der Waals surface area contributed by atoms with Crippen molar-refractivity contribution in [1.82, 2.24) is 9.80 Å². The largest absolute Gasteiger partial charge is 0.369 e. The molecule has 2 aliphatic heterocycles. The maximum atomic E-state index is 11.3. The fourth-order valence-electron chi connectivity index (χ4n) is 4.76. The van der Waals surface area contributed by atoms with Crippen molar-refractivity contribution < 1.29 is 4.79 Å². The summed E-state index contributed by atoms with van der Waals surface area (Å²) < 4.78 is 0. The summed E-state index contributed by atoms with van der Waals surface area (Å²) in [6.07, 6.45) is 5.00. The van der Waals surface area contributed by atoms with Gasteiger partial charge < -0.3 is 4.90 Å². The van der Waals surface area contributed by atoms with E-state index in [2.05, 4.69) is 52.8 Å². The zero-order valence-corrected chi connectivity index (χ0v) is 18.2. The Kier molecular flexibility index (Phi) is 7.92. The van der Waals surface area contributed by atoms with Crippen molar-refractivity contribution >= 4 is 11.5 Å². The lowest BCUT2D eigenvalue weighted by atomic mass is 9.93. The Labute approximate surface area is 171 Å². The van der Waals surface area contributed by atoms with Gasteiger partial charge in [0.2, 0.25) is 0 Å². The molecule has 0 N–H and O–H groups in total. The quantitative estimate of drug-likeness (QED) is 0.682. The Bertz CT molecular complexity index is 614. The number of para-hydroxylation sites is 1. The molecule has 0 radical (unpaired) electrons. The molecule has 28 heavy (non-hydrogen) atoms. The van der Waals surface area contributed by atoms with E-state index in [1.807, 2.05) is 0 Å². The van der Waals surface area contributed by atoms with Crippen LogP contribution in [0.1, 0.15) is 45.6 Å². The summed E-state index contributed by atoms with van der Waals surface area (Å²) in [5, 5.41) is 0. The van der Waals surface area contributed by atoms with Crippen molar-refractivity contribution in [2.45, 2.75) is 46.5 Å². The van der Waals surface area contributed by atoms with Crippen molar-refractivity contribution in [3.63, 3.8) is 0 Å². The van der Waals surface area contributed by atoms with Crippen LogP contribution < -0.4 is 4.90 Å². The molecule has 2 heterocycles. The van der Waals surface area contributed by atoms with Crippen LogP contribution in [0, 0.1) is 11.8 Å². The van der Waals surface area contributed by atoms with Gasteiger partial charge >= 0.3 is 0 Å². The molecule has 0 unspecified atom stereocenters. The van der Waals surface area contributed by atoms with Gasteiger partial charge in [-0.05, 0) is 75.7 Å². The summed E-state index contributed by atoms with van der Waals surface area (Å²) in [6, 6.07) is 8.98. The second kappa shape index (κ2) is 10.4. The Morgan fingerprint density at radius 1 is 1.00 bits per heavy atom. The topological polar surface area (TPSA) is 26.8 Å². The number of Topliss-reactive ketones (excluding diaryl/α,β-unsaturated/α-hetero) is 1. The first-order valence-electron chi connectivity index (χ1n) is 11.3. The van der Waals surface area contributed by atoms with Gasteiger partial charge in [0.25, 0.3) is 0 Å². The zero-order chi connectivity index (χ0) is 19.9. The van der Waals surface area contributed by atoms with Gasteiger partial charge in [-0.3, -0.25) is 14.6 Å². The van der Waals surface area contributed by atoms with Gasteiger partial charge in [-0.25, -0.2) is 0 Å². The van der Waals surface area contributed by atoms with Crippen LogP contribution >= 0.6 is 0 Å². The molecule has 2 fully saturated rings. The SMILES string of the molecule is CC(=O)CN1CCC(CCN2CCN(c3ccccc3CC(C)C)CC2)CC1. The van der Waals surface area contributed by atoms with Gasteiger partial charge in [-0.15, -0.1) is 0 Å². The van der Waals surface area contributed by atoms with Crippen LogP contribution in [0.25, 0.3) is 0 Å². The first-order valence-corrected chi connectivity index (χ1v) is 11.3. The van der Waals surface area contributed by atoms with Gasteiger partial charge in [-0.2, -0.15) is 0 Å². The molecule has 1 aromatic rings. The van der Waals surface area contributed by atoms with Crippen molar-refractivity contribution in [1.29, 1.82) is 0 Å². The minimum atomic E-state index is 0.297. The Balaban J connectivity index is 1.40. The molecule has 0 bridgehead atoms. The fraction of sp³-hybridized carbons (Fsp3) is 0.708. The number of hydrogen-bond donors (Lipinski definition) is 0. The normalized spacial score (nSPS) is 20.1. The van der Waals surface area contributed by atoms with E-state index < -0.39 is 0 Å². The molecule has 1 aromatic carbocycles. The van der Waals surface area contributed by atoms with Crippen LogP contribution in [0.4, 0.5) is 5.69 Å². The highest BCUT2D eigenvalue weighted by Gasteiger charge is 2.23. The van der Waals surface area contributed by atoms with E-state index >= 15 is 0 Å². The lowest BCUT2D eigenvalue weighted by Gasteiger charge is -2.38. The highest BCUT2D eigenvalue weighted by molar-refractivity contribution is 5.77. The summed E-state index contributed by atoms with van der Waals surface area (Å²) in [5.41, 5.74) is 2.96. The first-order chi connectivity index (χ1) is 13.5. The lowest BCUT2D eigenvalue weighted by Crippen LogP contribution is -2.47. The smallest absolute Gasteiger partial charge is 0.143 e. The summed E-state index contributed by atoms with van der Waals surface area (Å²) in [4.78, 5) is 18.8. The number of piperidine rings is 1. The molecular weight excluding hydrogens is 346 g/mol. The standard InChI is InChI=1S/C24H39N3O/c1-20(2)18-23-6-4-5-7-24(23)27-16-14-25(15-17-27)11-8-22-9-12-26(13-10-22)19-21(3)28/h4-7,20,22H,8-19H2,1-3H3. The number of carbonyl (C=O) groups is 1. The first kappa shape index (κ1) is 21.3. The van der Waals surface area contributed by atoms with Crippen LogP contribution in [0.2, 0.25) is 0 Å². The van der Waals surface area contributed by atoms with Crippen LogP contribution in [-0.2, 0) is 11.2 Å². The van der Waals surface area contributed by atoms with Gasteiger partial charge in [0.1, 0.15) is 5.78 Å². The van der Waals surface area contributed by atoms with E-state index in [9.17, 15) is 4.79 Å². The molecule has 3 rings (SSSR count). The molecule has 0 aromatic heterocycles. The van der Waals surface area contributed by atoms with E-state index in [0.29, 0.717) is 18.2 Å². The van der Waals surface area contributed by atoms with Gasteiger partial charge in [-0.1, -0.05) is 32.0 Å². The third-order valence-corrected chi connectivity index (χ3v) is 6.34. The number of nitrogens with zero attached hydrogens (tertiary/aromatic N) is 3. The third-order valence-electron chi connectivity index (χ3n) is 6.34. The van der Waals surface area contributed by atoms with Crippen molar-refractivity contribution in [3.8, 4) is 0 Å². The van der Waals surface area contributed by atoms with Crippen molar-refractivity contribution in [2.24, 2.45) is 11.8 Å². The number of piperazine rings is 1. The zero-order valence-electron chi connectivity index (χ0n) is 18.2. The average Bonchev–Trinajstić information content (AvgIpc) is 2.67. The molecule has 4 nitrogen and oxygen atoms in total. The summed E-state index contributed by atoms with van der Waals surface area (Å²) in [5.74, 6) is 1.84. The molecule has 0 amide bonds. The van der Waals surface area contributed by atoms with Gasteiger partial charge in [0, 0.05) is 31.9 Å². The fourth-order valence-corrected chi connectivity index (χ4v) is 4.76. The van der Waals surface area contributed by atoms with E-state index in [1.54, 1.807) is 6.92 Å². The number of benzene rings is 1. The van der Waals surface area contributed by atoms with Crippen LogP contribution in [0.5, 0.6) is 0 Å². The minimum Gasteiger partial charge on any atom is -0.369 e. The van der Waals surface area contributed by atoms with Crippen LogP contribution in [-0.4, -0.2) is 67.9 Å². The number of ketones is 1. The lowest BCUT2D eigenvalue weighted by molar-refractivity contribution is -0.118. The Morgan fingerprint density at radius 3 is 2.32 bits per heavy atom. The maximum Gasteiger partial charge on any atom is 0.143 e. The van der Waals surface area contributed by atoms with E-state index in [0.717, 1.165) is 32.1 Å². The van der Waals surface area contributed by atoms with E-state index in [4.69, 9.17) is 0 Å². The van der Waals surface area contributed by atoms with Crippen LogP contribution in [0.15, 0.2) is 24.3 Å². The van der Waals surface area contributed by atoms with E-state index in [1.165, 1.54) is 56.6 Å². The van der Waals surface area contributed by atoms with Crippen molar-refractivity contribution in [2.75, 3.05) is 57.3 Å². The monoisotopic (exact) mass is 385 g/mol. The average molecular weight is 386 g/mol. The van der Waals surface area contributed by atoms with Crippen LogP contribution in [0.3, 0.4) is 0 Å². The van der Waals surface area contributed by atoms with Gasteiger partial charge in [0.05, 0.1) is 6.54 Å². The molecular formula is C24H39N3O. The number of rotatable bonds is 8. The molecule has 156 valence electrons. The number of hydrogen-bond acceptors (Lipinski definition) is 4. The van der Waals surface area contributed by atoms with Crippen molar-refractivity contribution in [3.05, 3.63) is 29.8 Å². The summed E-state index contributed by atoms with van der Waals surface area (Å²) >= 11 is 0. The molecule has 2 aliphatic rings. The molecule has 2 saturated heterocycles. The highest BCUT2D eigenvalue weighted by Crippen LogP contribution is 2.25. The second-order valence-corrected chi connectivity index (χ2v) is 9.27. The highest BCUT2D eigenvalue weighted by atomic mass is 16.1. The predicted octanol–water partition coefficient (Wildman–Crippen LogP) is 3.70. The Morgan fingerprint density at radius 2 is 1.68 bits per heavy atom.